The monoisotopic (exact) mass is 409 g/mol. The molecule has 0 unspecified atom stereocenters. The van der Waals surface area contributed by atoms with Gasteiger partial charge >= 0.3 is 5.97 Å². The number of phenols is 1. The van der Waals surface area contributed by atoms with Crippen molar-refractivity contribution in [2.24, 2.45) is 17.2 Å². The van der Waals surface area contributed by atoms with E-state index in [0.717, 1.165) is 0 Å². The van der Waals surface area contributed by atoms with E-state index in [1.807, 2.05) is 5.32 Å². The largest absolute Gasteiger partial charge is 0.508 e. The van der Waals surface area contributed by atoms with Gasteiger partial charge in [0.25, 0.3) is 0 Å². The first-order chi connectivity index (χ1) is 13.5. The Morgan fingerprint density at radius 1 is 0.862 bits per heavy atom. The molecule has 0 radical (unpaired) electrons. The Hall–Kier alpha value is -3.67. The van der Waals surface area contributed by atoms with Crippen molar-refractivity contribution in [2.45, 2.75) is 37.4 Å². The average Bonchev–Trinajstić information content (AvgIpc) is 2.61. The second-order valence-electron chi connectivity index (χ2n) is 6.28. The highest BCUT2D eigenvalue weighted by molar-refractivity contribution is 5.95. The first-order valence-electron chi connectivity index (χ1n) is 8.43. The lowest BCUT2D eigenvalue weighted by atomic mass is 10.0. The number of carboxylic acids is 1. The van der Waals surface area contributed by atoms with E-state index in [4.69, 9.17) is 22.3 Å². The number of benzene rings is 1. The Labute approximate surface area is 165 Å². The smallest absolute Gasteiger partial charge is 0.326 e. The molecule has 0 aromatic heterocycles. The van der Waals surface area contributed by atoms with Gasteiger partial charge in [0.1, 0.15) is 17.8 Å². The van der Waals surface area contributed by atoms with Crippen LogP contribution >= 0.6 is 0 Å². The number of aliphatic carboxylic acids is 1. The van der Waals surface area contributed by atoms with Crippen molar-refractivity contribution in [2.75, 3.05) is 0 Å². The van der Waals surface area contributed by atoms with Crippen molar-refractivity contribution in [3.63, 3.8) is 0 Å². The topological polar surface area (TPSA) is 228 Å². The molecule has 12 heteroatoms. The summed E-state index contributed by atoms with van der Waals surface area (Å²) < 4.78 is 0. The molecule has 3 atom stereocenters. The first kappa shape index (κ1) is 23.4. The second-order valence-corrected chi connectivity index (χ2v) is 6.28. The zero-order chi connectivity index (χ0) is 22.1. The van der Waals surface area contributed by atoms with Gasteiger partial charge in [0.05, 0.1) is 18.9 Å². The number of amides is 4. The number of phenolic OH excluding ortho intramolecular Hbond substituents is 1. The summed E-state index contributed by atoms with van der Waals surface area (Å²) in [6.07, 6.45) is -1.23. The molecule has 0 bridgehead atoms. The summed E-state index contributed by atoms with van der Waals surface area (Å²) in [6.45, 7) is 0. The van der Waals surface area contributed by atoms with Crippen LogP contribution in [0.25, 0.3) is 0 Å². The number of carbonyl (C=O) groups is 5. The number of hydrogen-bond donors (Lipinski definition) is 7. The van der Waals surface area contributed by atoms with Crippen molar-refractivity contribution in [1.82, 2.24) is 10.6 Å². The van der Waals surface area contributed by atoms with Gasteiger partial charge in [-0.15, -0.1) is 0 Å². The molecule has 0 heterocycles. The Kier molecular flexibility index (Phi) is 8.55. The summed E-state index contributed by atoms with van der Waals surface area (Å²) in [6, 6.07) is 1.68. The fourth-order valence-electron chi connectivity index (χ4n) is 2.34. The molecule has 1 rings (SSSR count). The molecule has 29 heavy (non-hydrogen) atoms. The molecule has 0 saturated carbocycles. The molecule has 0 saturated heterocycles. The zero-order valence-corrected chi connectivity index (χ0v) is 15.3. The lowest BCUT2D eigenvalue weighted by Gasteiger charge is -2.21. The Balaban J connectivity index is 2.82. The molecule has 0 fully saturated rings. The van der Waals surface area contributed by atoms with Crippen LogP contribution in [0.1, 0.15) is 18.4 Å². The minimum absolute atomic E-state index is 0.0360. The normalized spacial score (nSPS) is 13.6. The van der Waals surface area contributed by atoms with E-state index in [9.17, 15) is 29.1 Å². The summed E-state index contributed by atoms with van der Waals surface area (Å²) in [7, 11) is 0. The standard InChI is InChI=1S/C17H23N5O7/c18-10(5-8-1-3-9(23)4-2-8)15(26)21-11(6-13(19)24)16(27)22-12(17(28)29)7-14(20)25/h1-4,10-12,23H,5-7,18H2,(H2,19,24)(H2,20,25)(H,21,26)(H,22,27)(H,28,29)/t10-,11+,12+/m0/s1. The van der Waals surface area contributed by atoms with E-state index in [-0.39, 0.29) is 12.2 Å². The van der Waals surface area contributed by atoms with Crippen LogP contribution in [0.5, 0.6) is 5.75 Å². The van der Waals surface area contributed by atoms with Gasteiger partial charge in [-0.25, -0.2) is 4.79 Å². The Morgan fingerprint density at radius 2 is 1.34 bits per heavy atom. The maximum Gasteiger partial charge on any atom is 0.326 e. The van der Waals surface area contributed by atoms with Crippen LogP contribution in [0.15, 0.2) is 24.3 Å². The number of nitrogens with two attached hydrogens (primary N) is 3. The van der Waals surface area contributed by atoms with Crippen molar-refractivity contribution in [3.05, 3.63) is 29.8 Å². The van der Waals surface area contributed by atoms with Crippen LogP contribution < -0.4 is 27.8 Å². The predicted molar refractivity (Wildman–Crippen MR) is 98.9 cm³/mol. The van der Waals surface area contributed by atoms with Crippen LogP contribution in [-0.2, 0) is 30.4 Å². The van der Waals surface area contributed by atoms with Crippen LogP contribution in [0, 0.1) is 0 Å². The second kappa shape index (κ2) is 10.6. The lowest BCUT2D eigenvalue weighted by molar-refractivity contribution is -0.143. The highest BCUT2D eigenvalue weighted by Gasteiger charge is 2.29. The van der Waals surface area contributed by atoms with Crippen LogP contribution in [0.4, 0.5) is 0 Å². The maximum atomic E-state index is 12.3. The van der Waals surface area contributed by atoms with Crippen LogP contribution in [0.2, 0.25) is 0 Å². The Morgan fingerprint density at radius 3 is 1.83 bits per heavy atom. The maximum absolute atomic E-state index is 12.3. The van der Waals surface area contributed by atoms with Gasteiger partial charge in [0.15, 0.2) is 0 Å². The van der Waals surface area contributed by atoms with E-state index in [2.05, 4.69) is 5.32 Å². The van der Waals surface area contributed by atoms with E-state index in [1.54, 1.807) is 12.1 Å². The Bertz CT molecular complexity index is 781. The van der Waals surface area contributed by atoms with E-state index in [1.165, 1.54) is 12.1 Å². The van der Waals surface area contributed by atoms with Crippen LogP contribution in [0.3, 0.4) is 0 Å². The minimum Gasteiger partial charge on any atom is -0.508 e. The minimum atomic E-state index is -1.64. The van der Waals surface area contributed by atoms with E-state index < -0.39 is 60.6 Å². The first-order valence-corrected chi connectivity index (χ1v) is 8.43. The number of nitrogens with one attached hydrogen (secondary N) is 2. The fraction of sp³-hybridized carbons (Fsp3) is 0.353. The molecule has 0 spiro atoms. The van der Waals surface area contributed by atoms with E-state index in [0.29, 0.717) is 5.56 Å². The highest BCUT2D eigenvalue weighted by atomic mass is 16.4. The molecule has 1 aromatic rings. The molecule has 158 valence electrons. The van der Waals surface area contributed by atoms with Gasteiger partial charge in [-0.3, -0.25) is 19.2 Å². The van der Waals surface area contributed by atoms with Gasteiger partial charge in [0.2, 0.25) is 23.6 Å². The third kappa shape index (κ3) is 8.26. The summed E-state index contributed by atoms with van der Waals surface area (Å²) >= 11 is 0. The number of hydrogen-bond acceptors (Lipinski definition) is 7. The SMILES string of the molecule is NC(=O)C[C@@H](NC(=O)[C@@H](CC(N)=O)NC(=O)[C@@H](N)Cc1ccc(O)cc1)C(=O)O. The molecule has 0 aliphatic rings. The predicted octanol–water partition coefficient (Wildman–Crippen LogP) is -2.93. The lowest BCUT2D eigenvalue weighted by Crippen LogP contribution is -2.56. The molecule has 0 aliphatic heterocycles. The highest BCUT2D eigenvalue weighted by Crippen LogP contribution is 2.11. The summed E-state index contributed by atoms with van der Waals surface area (Å²) in [4.78, 5) is 57.9. The third-order valence-electron chi connectivity index (χ3n) is 3.79. The summed E-state index contributed by atoms with van der Waals surface area (Å²) in [5.41, 5.74) is 16.5. The molecular weight excluding hydrogens is 386 g/mol. The molecule has 12 nitrogen and oxygen atoms in total. The number of aromatic hydroxyl groups is 1. The number of rotatable bonds is 11. The number of carboxylic acid groups (broad SMARTS) is 1. The molecule has 10 N–H and O–H groups in total. The van der Waals surface area contributed by atoms with Crippen molar-refractivity contribution in [1.29, 1.82) is 0 Å². The summed E-state index contributed by atoms with van der Waals surface area (Å²) in [5.74, 6) is -5.22. The average molecular weight is 409 g/mol. The van der Waals surface area contributed by atoms with Gasteiger partial charge in [-0.05, 0) is 24.1 Å². The van der Waals surface area contributed by atoms with Crippen molar-refractivity contribution >= 4 is 29.6 Å². The summed E-state index contributed by atoms with van der Waals surface area (Å²) in [5, 5.41) is 22.6. The van der Waals surface area contributed by atoms with E-state index >= 15 is 0 Å². The van der Waals surface area contributed by atoms with Gasteiger partial charge in [0, 0.05) is 0 Å². The quantitative estimate of drug-likeness (QED) is 0.199. The fourth-order valence-corrected chi connectivity index (χ4v) is 2.34. The van der Waals surface area contributed by atoms with Crippen molar-refractivity contribution < 1.29 is 34.2 Å². The zero-order valence-electron chi connectivity index (χ0n) is 15.3. The molecule has 0 aliphatic carbocycles. The van der Waals surface area contributed by atoms with Crippen molar-refractivity contribution in [3.8, 4) is 5.75 Å². The van der Waals surface area contributed by atoms with Gasteiger partial charge < -0.3 is 38.0 Å². The van der Waals surface area contributed by atoms with Crippen LogP contribution in [-0.4, -0.2) is 57.9 Å². The molecule has 4 amide bonds. The molecular formula is C17H23N5O7. The number of carbonyl (C=O) groups excluding carboxylic acids is 4. The van der Waals surface area contributed by atoms with Gasteiger partial charge in [-0.2, -0.15) is 0 Å². The number of primary amides is 2. The molecule has 1 aromatic carbocycles. The third-order valence-corrected chi connectivity index (χ3v) is 3.79. The van der Waals surface area contributed by atoms with Gasteiger partial charge in [-0.1, -0.05) is 12.1 Å².